The molecule has 1 heterocycles. The number of morpholine rings is 1. The monoisotopic (exact) mass is 570 g/mol. The van der Waals surface area contributed by atoms with Gasteiger partial charge in [0.25, 0.3) is 5.69 Å². The van der Waals surface area contributed by atoms with Crippen molar-refractivity contribution in [3.63, 3.8) is 0 Å². The Morgan fingerprint density at radius 1 is 1.16 bits per heavy atom. The van der Waals surface area contributed by atoms with Gasteiger partial charge in [0, 0.05) is 25.2 Å². The molecule has 0 aliphatic carbocycles. The van der Waals surface area contributed by atoms with Gasteiger partial charge in [0.2, 0.25) is 26.0 Å². The molecule has 1 fully saturated rings. The van der Waals surface area contributed by atoms with Crippen LogP contribution in [0.1, 0.15) is 12.5 Å². The number of rotatable bonds is 11. The van der Waals surface area contributed by atoms with E-state index in [2.05, 4.69) is 5.32 Å². The van der Waals surface area contributed by atoms with Crippen LogP contribution in [-0.4, -0.2) is 83.7 Å². The van der Waals surface area contributed by atoms with Gasteiger partial charge in [0.15, 0.2) is 0 Å². The van der Waals surface area contributed by atoms with Crippen LogP contribution < -0.4 is 14.4 Å². The lowest BCUT2D eigenvalue weighted by molar-refractivity contribution is -0.384. The number of sulfonamides is 2. The highest BCUT2D eigenvalue weighted by Gasteiger charge is 2.31. The molecule has 0 unspecified atom stereocenters. The van der Waals surface area contributed by atoms with E-state index in [4.69, 9.17) is 9.47 Å². The SMILES string of the molecule is Cc1ccc([N+](=O)[O-])cc1N([C@H](C)C(=O)NCCOc1ccc(S(=O)(=O)N2CCOCC2)cc1)S(C)(=O)=O. The van der Waals surface area contributed by atoms with Gasteiger partial charge in [-0.1, -0.05) is 6.07 Å². The number of carbonyl (C=O) groups is 1. The maximum Gasteiger partial charge on any atom is 0.271 e. The highest BCUT2D eigenvalue weighted by atomic mass is 32.2. The molecule has 1 saturated heterocycles. The standard InChI is InChI=1S/C23H30N4O9S2/c1-17-4-5-19(27(29)30)16-22(17)26(37(3,31)32)18(2)23(28)24-10-13-36-20-6-8-21(9-7-20)38(33,34)25-11-14-35-15-12-25/h4-9,16,18H,10-15H2,1-3H3,(H,24,28)/t18-/m1/s1. The number of carbonyl (C=O) groups excluding carboxylic acids is 1. The first-order valence-corrected chi connectivity index (χ1v) is 14.9. The van der Waals surface area contributed by atoms with E-state index >= 15 is 0 Å². The second-order valence-corrected chi connectivity index (χ2v) is 12.4. The average molecular weight is 571 g/mol. The summed E-state index contributed by atoms with van der Waals surface area (Å²) in [7, 11) is -7.59. The third-order valence-corrected chi connectivity index (χ3v) is 8.97. The summed E-state index contributed by atoms with van der Waals surface area (Å²) >= 11 is 0. The Balaban J connectivity index is 1.60. The third-order valence-electron chi connectivity index (χ3n) is 5.83. The minimum atomic E-state index is -3.97. The lowest BCUT2D eigenvalue weighted by Crippen LogP contribution is -2.48. The molecule has 0 radical (unpaired) electrons. The Morgan fingerprint density at radius 2 is 1.79 bits per heavy atom. The molecule has 3 rings (SSSR count). The molecule has 2 aromatic carbocycles. The number of ether oxygens (including phenoxy) is 2. The van der Waals surface area contributed by atoms with Crippen molar-refractivity contribution in [2.75, 3.05) is 50.0 Å². The predicted molar refractivity (Wildman–Crippen MR) is 139 cm³/mol. The summed E-state index contributed by atoms with van der Waals surface area (Å²) < 4.78 is 63.4. The van der Waals surface area contributed by atoms with Crippen molar-refractivity contribution in [3.8, 4) is 5.75 Å². The highest BCUT2D eigenvalue weighted by Crippen LogP contribution is 2.29. The van der Waals surface area contributed by atoms with Crippen LogP contribution in [0.4, 0.5) is 11.4 Å². The molecule has 0 aromatic heterocycles. The Morgan fingerprint density at radius 3 is 2.37 bits per heavy atom. The van der Waals surface area contributed by atoms with Crippen molar-refractivity contribution < 1.29 is 36.0 Å². The van der Waals surface area contributed by atoms with Crippen LogP contribution in [0, 0.1) is 17.0 Å². The Hall–Kier alpha value is -3.27. The van der Waals surface area contributed by atoms with Gasteiger partial charge in [-0.05, 0) is 43.7 Å². The first-order valence-electron chi connectivity index (χ1n) is 11.7. The van der Waals surface area contributed by atoms with Gasteiger partial charge >= 0.3 is 0 Å². The van der Waals surface area contributed by atoms with E-state index in [0.29, 0.717) is 24.5 Å². The van der Waals surface area contributed by atoms with E-state index in [1.807, 2.05) is 0 Å². The van der Waals surface area contributed by atoms with Gasteiger partial charge in [-0.2, -0.15) is 4.31 Å². The van der Waals surface area contributed by atoms with Crippen molar-refractivity contribution in [2.24, 2.45) is 0 Å². The van der Waals surface area contributed by atoms with E-state index in [9.17, 15) is 31.7 Å². The van der Waals surface area contributed by atoms with Crippen LogP contribution in [-0.2, 0) is 29.6 Å². The van der Waals surface area contributed by atoms with Crippen molar-refractivity contribution in [2.45, 2.75) is 24.8 Å². The number of benzene rings is 2. The van der Waals surface area contributed by atoms with Crippen molar-refractivity contribution in [1.82, 2.24) is 9.62 Å². The summed E-state index contributed by atoms with van der Waals surface area (Å²) in [6, 6.07) is 8.48. The molecular formula is C23H30N4O9S2. The van der Waals surface area contributed by atoms with Crippen molar-refractivity contribution >= 4 is 37.3 Å². The van der Waals surface area contributed by atoms with E-state index in [-0.39, 0.29) is 42.5 Å². The second-order valence-electron chi connectivity index (χ2n) is 8.59. The van der Waals surface area contributed by atoms with Crippen molar-refractivity contribution in [3.05, 3.63) is 58.1 Å². The molecule has 0 spiro atoms. The number of nitro benzene ring substituents is 1. The number of nitrogens with zero attached hydrogens (tertiary/aromatic N) is 3. The second kappa shape index (κ2) is 12.1. The van der Waals surface area contributed by atoms with Gasteiger partial charge in [0.1, 0.15) is 18.4 Å². The molecule has 1 aliphatic rings. The van der Waals surface area contributed by atoms with E-state index in [0.717, 1.165) is 16.6 Å². The average Bonchev–Trinajstić information content (AvgIpc) is 2.87. The summed E-state index contributed by atoms with van der Waals surface area (Å²) in [4.78, 5) is 23.4. The molecule has 1 aliphatic heterocycles. The fraction of sp³-hybridized carbons (Fsp3) is 0.435. The molecule has 1 atom stereocenters. The van der Waals surface area contributed by atoms with Gasteiger partial charge in [-0.15, -0.1) is 0 Å². The smallest absolute Gasteiger partial charge is 0.271 e. The number of non-ortho nitro benzene ring substituents is 1. The summed E-state index contributed by atoms with van der Waals surface area (Å²) in [6.45, 7) is 4.29. The molecule has 38 heavy (non-hydrogen) atoms. The summed E-state index contributed by atoms with van der Waals surface area (Å²) in [6.07, 6.45) is 0.918. The Bertz CT molecular complexity index is 1370. The maximum absolute atomic E-state index is 12.8. The lowest BCUT2D eigenvalue weighted by Gasteiger charge is -2.29. The van der Waals surface area contributed by atoms with Crippen LogP contribution in [0.2, 0.25) is 0 Å². The zero-order valence-electron chi connectivity index (χ0n) is 21.2. The van der Waals surface area contributed by atoms with Crippen LogP contribution in [0.25, 0.3) is 0 Å². The topological polar surface area (TPSA) is 165 Å². The molecule has 2 aromatic rings. The molecule has 13 nitrogen and oxygen atoms in total. The fourth-order valence-corrected chi connectivity index (χ4v) is 6.50. The number of amides is 1. The quantitative estimate of drug-likeness (QED) is 0.238. The fourth-order valence-electron chi connectivity index (χ4n) is 3.86. The van der Waals surface area contributed by atoms with E-state index in [1.54, 1.807) is 6.92 Å². The van der Waals surface area contributed by atoms with E-state index < -0.39 is 36.9 Å². The zero-order chi connectivity index (χ0) is 28.1. The first kappa shape index (κ1) is 29.3. The van der Waals surface area contributed by atoms with Crippen LogP contribution >= 0.6 is 0 Å². The Labute approximate surface area is 221 Å². The number of aryl methyl sites for hydroxylation is 1. The predicted octanol–water partition coefficient (Wildman–Crippen LogP) is 1.27. The van der Waals surface area contributed by atoms with Gasteiger partial charge in [-0.3, -0.25) is 19.2 Å². The molecular weight excluding hydrogens is 540 g/mol. The summed E-state index contributed by atoms with van der Waals surface area (Å²) in [5.74, 6) is -0.241. The minimum absolute atomic E-state index is 0.0303. The summed E-state index contributed by atoms with van der Waals surface area (Å²) in [5, 5.41) is 13.8. The summed E-state index contributed by atoms with van der Waals surface area (Å²) in [5.41, 5.74) is 0.180. The van der Waals surface area contributed by atoms with Gasteiger partial charge < -0.3 is 14.8 Å². The van der Waals surface area contributed by atoms with Crippen LogP contribution in [0.5, 0.6) is 5.75 Å². The van der Waals surface area contributed by atoms with Gasteiger partial charge in [0.05, 0.1) is 41.5 Å². The van der Waals surface area contributed by atoms with Crippen LogP contribution in [0.15, 0.2) is 47.4 Å². The van der Waals surface area contributed by atoms with Crippen LogP contribution in [0.3, 0.4) is 0 Å². The molecule has 1 amide bonds. The third kappa shape index (κ3) is 6.98. The normalized spacial score (nSPS) is 15.4. The van der Waals surface area contributed by atoms with Crippen molar-refractivity contribution in [1.29, 1.82) is 0 Å². The minimum Gasteiger partial charge on any atom is -0.492 e. The number of hydrogen-bond acceptors (Lipinski definition) is 9. The highest BCUT2D eigenvalue weighted by molar-refractivity contribution is 7.92. The Kier molecular flexibility index (Phi) is 9.30. The molecule has 208 valence electrons. The van der Waals surface area contributed by atoms with Gasteiger partial charge in [-0.25, -0.2) is 16.8 Å². The lowest BCUT2D eigenvalue weighted by atomic mass is 10.1. The molecule has 1 N–H and O–H groups in total. The molecule has 0 bridgehead atoms. The van der Waals surface area contributed by atoms with E-state index in [1.165, 1.54) is 47.6 Å². The number of hydrogen-bond donors (Lipinski definition) is 1. The number of nitrogens with one attached hydrogen (secondary N) is 1. The number of nitro groups is 1. The zero-order valence-corrected chi connectivity index (χ0v) is 22.8. The maximum atomic E-state index is 12.8. The molecule has 0 saturated carbocycles. The largest absolute Gasteiger partial charge is 0.492 e. The first-order chi connectivity index (χ1) is 17.8. The number of anilines is 1. The molecule has 15 heteroatoms.